The molecule has 1 amide bonds. The van der Waals surface area contributed by atoms with Crippen molar-refractivity contribution in [1.82, 2.24) is 4.57 Å². The highest BCUT2D eigenvalue weighted by atomic mass is 35.5. The van der Waals surface area contributed by atoms with Crippen molar-refractivity contribution in [1.29, 1.82) is 10.5 Å². The molecule has 0 bridgehead atoms. The Morgan fingerprint density at radius 2 is 1.94 bits per heavy atom. The lowest BCUT2D eigenvalue weighted by atomic mass is 9.96. The molecule has 2 aromatic heterocycles. The maximum Gasteiger partial charge on any atom is 0.266 e. The molecule has 4 rings (SSSR count). The molecule has 1 aromatic carbocycles. The smallest absolute Gasteiger partial charge is 0.266 e. The summed E-state index contributed by atoms with van der Waals surface area (Å²) in [5.74, 6) is -0.559. The van der Waals surface area contributed by atoms with Crippen LogP contribution in [0.25, 0.3) is 11.1 Å². The molecule has 0 atom stereocenters. The third kappa shape index (κ3) is 4.43. The molecule has 0 fully saturated rings. The van der Waals surface area contributed by atoms with Crippen LogP contribution in [-0.4, -0.2) is 10.5 Å². The van der Waals surface area contributed by atoms with Gasteiger partial charge in [-0.2, -0.15) is 10.5 Å². The highest BCUT2D eigenvalue weighted by molar-refractivity contribution is 7.15. The zero-order chi connectivity index (χ0) is 23.7. The second kappa shape index (κ2) is 9.45. The number of hydrogen-bond donors (Lipinski definition) is 1. The Labute approximate surface area is 206 Å². The average molecular weight is 495 g/mol. The number of thiophene rings is 1. The minimum Gasteiger partial charge on any atom is -0.320 e. The highest BCUT2D eigenvalue weighted by Crippen LogP contribution is 2.38. The first kappa shape index (κ1) is 23.1. The predicted molar refractivity (Wildman–Crippen MR) is 133 cm³/mol. The van der Waals surface area contributed by atoms with E-state index < -0.39 is 5.91 Å². The molecule has 1 N–H and O–H groups in total. The van der Waals surface area contributed by atoms with Crippen LogP contribution in [0.2, 0.25) is 10.0 Å². The van der Waals surface area contributed by atoms with Crippen LogP contribution in [-0.2, 0) is 17.6 Å². The third-order valence-electron chi connectivity index (χ3n) is 5.78. The molecule has 0 unspecified atom stereocenters. The number of aryl methyl sites for hydroxylation is 2. The lowest BCUT2D eigenvalue weighted by Gasteiger charge is -2.10. The first-order valence-corrected chi connectivity index (χ1v) is 12.0. The third-order valence-corrected chi connectivity index (χ3v) is 7.61. The SMILES string of the molecule is Cc1cc(/C=C(\C#N)C(=O)Nc2ccc(Cl)cc2Cl)c(C)n1-c1sc2c(c1C#N)CCCC2. The van der Waals surface area contributed by atoms with E-state index >= 15 is 0 Å². The van der Waals surface area contributed by atoms with E-state index in [1.807, 2.05) is 26.0 Å². The normalized spacial score (nSPS) is 13.2. The molecule has 0 saturated heterocycles. The summed E-state index contributed by atoms with van der Waals surface area (Å²) < 4.78 is 2.05. The highest BCUT2D eigenvalue weighted by Gasteiger charge is 2.24. The molecule has 2 heterocycles. The molecule has 166 valence electrons. The van der Waals surface area contributed by atoms with Crippen molar-refractivity contribution in [3.8, 4) is 17.1 Å². The maximum absolute atomic E-state index is 12.7. The second-order valence-electron chi connectivity index (χ2n) is 7.91. The van der Waals surface area contributed by atoms with Crippen LogP contribution in [0, 0.1) is 36.5 Å². The van der Waals surface area contributed by atoms with Gasteiger partial charge in [-0.15, -0.1) is 11.3 Å². The Morgan fingerprint density at radius 3 is 2.64 bits per heavy atom. The number of nitrogens with one attached hydrogen (secondary N) is 1. The number of carbonyl (C=O) groups is 1. The van der Waals surface area contributed by atoms with Gasteiger partial charge in [0, 0.05) is 21.3 Å². The van der Waals surface area contributed by atoms with E-state index in [2.05, 4.69) is 16.0 Å². The number of halogens is 2. The van der Waals surface area contributed by atoms with Crippen LogP contribution in [0.1, 0.15) is 45.8 Å². The van der Waals surface area contributed by atoms with Crippen LogP contribution in [0.4, 0.5) is 5.69 Å². The number of rotatable bonds is 4. The summed E-state index contributed by atoms with van der Waals surface area (Å²) in [7, 11) is 0. The zero-order valence-corrected chi connectivity index (χ0v) is 20.5. The van der Waals surface area contributed by atoms with E-state index in [0.29, 0.717) is 10.7 Å². The van der Waals surface area contributed by atoms with Gasteiger partial charge in [0.2, 0.25) is 0 Å². The van der Waals surface area contributed by atoms with E-state index in [1.54, 1.807) is 29.5 Å². The van der Waals surface area contributed by atoms with Gasteiger partial charge in [0.15, 0.2) is 0 Å². The number of fused-ring (bicyclic) bond motifs is 1. The van der Waals surface area contributed by atoms with Crippen LogP contribution in [0.5, 0.6) is 0 Å². The maximum atomic E-state index is 12.7. The van der Waals surface area contributed by atoms with Gasteiger partial charge in [0.05, 0.1) is 16.3 Å². The Bertz CT molecular complexity index is 1380. The van der Waals surface area contributed by atoms with Gasteiger partial charge in [0.1, 0.15) is 22.7 Å². The Balaban J connectivity index is 1.70. The van der Waals surface area contributed by atoms with Crippen molar-refractivity contribution in [2.75, 3.05) is 5.32 Å². The molecule has 3 aromatic rings. The van der Waals surface area contributed by atoms with Crippen LogP contribution < -0.4 is 5.32 Å². The molecule has 1 aliphatic rings. The molecule has 0 saturated carbocycles. The molecule has 8 heteroatoms. The second-order valence-corrected chi connectivity index (χ2v) is 9.84. The van der Waals surface area contributed by atoms with Crippen LogP contribution >= 0.6 is 34.5 Å². The van der Waals surface area contributed by atoms with E-state index in [9.17, 15) is 15.3 Å². The summed E-state index contributed by atoms with van der Waals surface area (Å²) in [6, 6.07) is 11.0. The van der Waals surface area contributed by atoms with Gasteiger partial charge >= 0.3 is 0 Å². The van der Waals surface area contributed by atoms with Crippen molar-refractivity contribution in [2.24, 2.45) is 0 Å². The van der Waals surface area contributed by atoms with Crippen LogP contribution in [0.3, 0.4) is 0 Å². The van der Waals surface area contributed by atoms with E-state index in [1.165, 1.54) is 16.5 Å². The van der Waals surface area contributed by atoms with E-state index in [-0.39, 0.29) is 10.6 Å². The number of benzene rings is 1. The van der Waals surface area contributed by atoms with Gasteiger partial charge in [-0.1, -0.05) is 23.2 Å². The lowest BCUT2D eigenvalue weighted by molar-refractivity contribution is -0.112. The standard InChI is InChI=1S/C25H20Cl2N4OS/c1-14-9-16(10-17(12-28)24(32)30-22-8-7-18(26)11-21(22)27)15(2)31(14)25-20(13-29)19-5-3-4-6-23(19)33-25/h7-11H,3-6H2,1-2H3,(H,30,32)/b17-10+. The summed E-state index contributed by atoms with van der Waals surface area (Å²) in [6.07, 6.45) is 5.76. The topological polar surface area (TPSA) is 81.6 Å². The molecule has 5 nitrogen and oxygen atoms in total. The van der Waals surface area contributed by atoms with Crippen molar-refractivity contribution >= 4 is 52.2 Å². The zero-order valence-electron chi connectivity index (χ0n) is 18.1. The quantitative estimate of drug-likeness (QED) is 0.321. The Kier molecular flexibility index (Phi) is 6.63. The summed E-state index contributed by atoms with van der Waals surface area (Å²) in [4.78, 5) is 14.0. The van der Waals surface area contributed by atoms with Gasteiger partial charge in [-0.25, -0.2) is 0 Å². The van der Waals surface area contributed by atoms with E-state index in [4.69, 9.17) is 23.2 Å². The van der Waals surface area contributed by atoms with Gasteiger partial charge in [0.25, 0.3) is 5.91 Å². The van der Waals surface area contributed by atoms with Crippen molar-refractivity contribution in [3.05, 3.63) is 72.8 Å². The molecular formula is C25H20Cl2N4OS. The molecule has 0 spiro atoms. The number of hydrogen-bond acceptors (Lipinski definition) is 4. The minimum atomic E-state index is -0.559. The fourth-order valence-electron chi connectivity index (χ4n) is 4.16. The van der Waals surface area contributed by atoms with Crippen molar-refractivity contribution < 1.29 is 4.79 Å². The monoisotopic (exact) mass is 494 g/mol. The van der Waals surface area contributed by atoms with Crippen LogP contribution in [0.15, 0.2) is 29.8 Å². The first-order valence-electron chi connectivity index (χ1n) is 10.5. The summed E-state index contributed by atoms with van der Waals surface area (Å²) in [6.45, 7) is 3.89. The minimum absolute atomic E-state index is 0.0488. The number of nitriles is 2. The Hall–Kier alpha value is -3.03. The number of aromatic nitrogens is 1. The van der Waals surface area contributed by atoms with Gasteiger partial charge in [-0.05, 0) is 81.0 Å². The molecular weight excluding hydrogens is 475 g/mol. The number of anilines is 1. The van der Waals surface area contributed by atoms with Crippen molar-refractivity contribution in [3.63, 3.8) is 0 Å². The predicted octanol–water partition coefficient (Wildman–Crippen LogP) is 6.76. The molecule has 33 heavy (non-hydrogen) atoms. The molecule has 1 aliphatic carbocycles. The van der Waals surface area contributed by atoms with Crippen molar-refractivity contribution in [2.45, 2.75) is 39.5 Å². The van der Waals surface area contributed by atoms with E-state index in [0.717, 1.165) is 53.2 Å². The largest absolute Gasteiger partial charge is 0.320 e. The van der Waals surface area contributed by atoms with Gasteiger partial charge in [-0.3, -0.25) is 4.79 Å². The lowest BCUT2D eigenvalue weighted by Crippen LogP contribution is -2.13. The molecule has 0 aliphatic heterocycles. The first-order chi connectivity index (χ1) is 15.8. The number of nitrogens with zero attached hydrogens (tertiary/aromatic N) is 3. The summed E-state index contributed by atoms with van der Waals surface area (Å²) in [5.41, 5.74) is 4.79. The Morgan fingerprint density at radius 1 is 1.18 bits per heavy atom. The summed E-state index contributed by atoms with van der Waals surface area (Å²) >= 11 is 13.7. The van der Waals surface area contributed by atoms with Gasteiger partial charge < -0.3 is 9.88 Å². The number of carbonyl (C=O) groups excluding carboxylic acids is 1. The fraction of sp³-hybridized carbons (Fsp3) is 0.240. The number of amides is 1. The molecule has 0 radical (unpaired) electrons. The average Bonchev–Trinajstić information content (AvgIpc) is 3.29. The fourth-order valence-corrected chi connectivity index (χ4v) is 6.06. The summed E-state index contributed by atoms with van der Waals surface area (Å²) in [5, 5.41) is 23.8.